The number of piperazine rings is 1. The van der Waals surface area contributed by atoms with Gasteiger partial charge in [-0.05, 0) is 36.4 Å². The normalized spacial score (nSPS) is 14.2. The van der Waals surface area contributed by atoms with E-state index in [-0.39, 0.29) is 30.5 Å². The fourth-order valence-electron chi connectivity index (χ4n) is 2.89. The molecular weight excluding hydrogens is 335 g/mol. The maximum atomic E-state index is 13.0. The van der Waals surface area contributed by atoms with Gasteiger partial charge in [0.1, 0.15) is 11.6 Å². The van der Waals surface area contributed by atoms with Crippen molar-refractivity contribution >= 4 is 23.3 Å². The molecule has 0 radical (unpaired) electrons. The van der Waals surface area contributed by atoms with E-state index in [4.69, 9.17) is 0 Å². The molecule has 2 amide bonds. The molecule has 0 saturated carbocycles. The Kier molecular flexibility index (Phi) is 5.78. The van der Waals surface area contributed by atoms with Crippen molar-refractivity contribution in [2.45, 2.75) is 12.8 Å². The monoisotopic (exact) mass is 356 g/mol. The Morgan fingerprint density at radius 1 is 1.00 bits per heavy atom. The summed E-state index contributed by atoms with van der Waals surface area (Å²) in [5.74, 6) is -0.0219. The van der Waals surface area contributed by atoms with E-state index in [0.717, 1.165) is 5.69 Å². The average molecular weight is 356 g/mol. The highest BCUT2D eigenvalue weighted by molar-refractivity contribution is 5.92. The topological polar surface area (TPSA) is 65.5 Å². The quantitative estimate of drug-likeness (QED) is 0.893. The second-order valence-corrected chi connectivity index (χ2v) is 6.11. The van der Waals surface area contributed by atoms with Crippen LogP contribution in [0.4, 0.5) is 15.9 Å². The Morgan fingerprint density at radius 2 is 1.73 bits per heavy atom. The van der Waals surface area contributed by atoms with Gasteiger partial charge in [0, 0.05) is 50.9 Å². The molecule has 7 heteroatoms. The van der Waals surface area contributed by atoms with Gasteiger partial charge in [0.05, 0.1) is 0 Å². The van der Waals surface area contributed by atoms with Crippen molar-refractivity contribution in [3.05, 3.63) is 54.5 Å². The minimum atomic E-state index is -0.258. The minimum Gasteiger partial charge on any atom is -0.368 e. The van der Waals surface area contributed by atoms with E-state index in [9.17, 15) is 14.0 Å². The molecule has 2 heterocycles. The smallest absolute Gasteiger partial charge is 0.226 e. The van der Waals surface area contributed by atoms with E-state index >= 15 is 0 Å². The van der Waals surface area contributed by atoms with Crippen molar-refractivity contribution in [2.24, 2.45) is 0 Å². The highest BCUT2D eigenvalue weighted by Gasteiger charge is 2.21. The zero-order valence-electron chi connectivity index (χ0n) is 14.4. The van der Waals surface area contributed by atoms with Gasteiger partial charge < -0.3 is 15.1 Å². The minimum absolute atomic E-state index is 0.0278. The Bertz CT molecular complexity index is 744. The first-order valence-corrected chi connectivity index (χ1v) is 8.61. The molecule has 0 bridgehead atoms. The lowest BCUT2D eigenvalue weighted by molar-refractivity contribution is -0.133. The van der Waals surface area contributed by atoms with Crippen molar-refractivity contribution in [2.75, 3.05) is 36.4 Å². The van der Waals surface area contributed by atoms with Crippen molar-refractivity contribution in [1.82, 2.24) is 9.88 Å². The molecule has 6 nitrogen and oxygen atoms in total. The number of aromatic nitrogens is 1. The van der Waals surface area contributed by atoms with E-state index in [2.05, 4.69) is 15.2 Å². The van der Waals surface area contributed by atoms with Crippen molar-refractivity contribution < 1.29 is 14.0 Å². The molecule has 1 fully saturated rings. The van der Waals surface area contributed by atoms with Gasteiger partial charge in [-0.2, -0.15) is 0 Å². The summed E-state index contributed by atoms with van der Waals surface area (Å²) in [6, 6.07) is 11.6. The SMILES string of the molecule is O=C(CCC(=O)N1CCN(c2ccc(F)cc2)CC1)Nc1ccccn1. The lowest BCUT2D eigenvalue weighted by Gasteiger charge is -2.36. The number of hydrogen-bond donors (Lipinski definition) is 1. The first kappa shape index (κ1) is 17.8. The Hall–Kier alpha value is -2.96. The van der Waals surface area contributed by atoms with Crippen LogP contribution in [0.15, 0.2) is 48.7 Å². The molecular formula is C19H21FN4O2. The third-order valence-corrected chi connectivity index (χ3v) is 4.32. The van der Waals surface area contributed by atoms with E-state index in [0.29, 0.717) is 32.0 Å². The molecule has 1 aliphatic heterocycles. The summed E-state index contributed by atoms with van der Waals surface area (Å²) in [7, 11) is 0. The van der Waals surface area contributed by atoms with Gasteiger partial charge in [0.2, 0.25) is 11.8 Å². The fourth-order valence-corrected chi connectivity index (χ4v) is 2.89. The number of rotatable bonds is 5. The summed E-state index contributed by atoms with van der Waals surface area (Å²) in [4.78, 5) is 32.1. The van der Waals surface area contributed by atoms with Gasteiger partial charge in [-0.3, -0.25) is 9.59 Å². The maximum Gasteiger partial charge on any atom is 0.226 e. The second-order valence-electron chi connectivity index (χ2n) is 6.11. The molecule has 0 atom stereocenters. The first-order chi connectivity index (χ1) is 12.6. The fraction of sp³-hybridized carbons (Fsp3) is 0.316. The van der Waals surface area contributed by atoms with Gasteiger partial charge in [0.15, 0.2) is 0 Å². The van der Waals surface area contributed by atoms with Crippen molar-refractivity contribution in [3.63, 3.8) is 0 Å². The summed E-state index contributed by atoms with van der Waals surface area (Å²) in [6.07, 6.45) is 1.91. The molecule has 0 unspecified atom stereocenters. The van der Waals surface area contributed by atoms with Crippen LogP contribution in [0, 0.1) is 5.82 Å². The predicted octanol–water partition coefficient (Wildman–Crippen LogP) is 2.29. The van der Waals surface area contributed by atoms with Crippen LogP contribution >= 0.6 is 0 Å². The van der Waals surface area contributed by atoms with Crippen LogP contribution in [0.2, 0.25) is 0 Å². The van der Waals surface area contributed by atoms with Crippen molar-refractivity contribution in [3.8, 4) is 0 Å². The van der Waals surface area contributed by atoms with Gasteiger partial charge in [0.25, 0.3) is 0 Å². The lowest BCUT2D eigenvalue weighted by atomic mass is 10.2. The van der Waals surface area contributed by atoms with Crippen molar-refractivity contribution in [1.29, 1.82) is 0 Å². The third kappa shape index (κ3) is 4.78. The predicted molar refractivity (Wildman–Crippen MR) is 97.3 cm³/mol. The average Bonchev–Trinajstić information content (AvgIpc) is 2.68. The van der Waals surface area contributed by atoms with E-state index < -0.39 is 0 Å². The summed E-state index contributed by atoms with van der Waals surface area (Å²) < 4.78 is 13.0. The highest BCUT2D eigenvalue weighted by atomic mass is 19.1. The van der Waals surface area contributed by atoms with Crippen LogP contribution in [0.3, 0.4) is 0 Å². The first-order valence-electron chi connectivity index (χ1n) is 8.61. The zero-order valence-corrected chi connectivity index (χ0v) is 14.4. The zero-order chi connectivity index (χ0) is 18.4. The van der Waals surface area contributed by atoms with Crippen LogP contribution in [0.1, 0.15) is 12.8 Å². The summed E-state index contributed by atoms with van der Waals surface area (Å²) in [5, 5.41) is 2.67. The molecule has 2 aromatic rings. The van der Waals surface area contributed by atoms with E-state index in [1.54, 1.807) is 41.4 Å². The molecule has 3 rings (SSSR count). The molecule has 1 aliphatic rings. The number of amides is 2. The summed E-state index contributed by atoms with van der Waals surface area (Å²) in [6.45, 7) is 2.57. The number of halogens is 1. The van der Waals surface area contributed by atoms with Crippen LogP contribution in [-0.2, 0) is 9.59 Å². The van der Waals surface area contributed by atoms with Crippen LogP contribution < -0.4 is 10.2 Å². The number of pyridine rings is 1. The van der Waals surface area contributed by atoms with Crippen LogP contribution in [-0.4, -0.2) is 47.9 Å². The molecule has 0 aliphatic carbocycles. The number of carbonyl (C=O) groups excluding carboxylic acids is 2. The molecule has 0 spiro atoms. The lowest BCUT2D eigenvalue weighted by Crippen LogP contribution is -2.48. The number of benzene rings is 1. The Balaban J connectivity index is 1.42. The largest absolute Gasteiger partial charge is 0.368 e. The number of anilines is 2. The summed E-state index contributed by atoms with van der Waals surface area (Å²) >= 11 is 0. The van der Waals surface area contributed by atoms with Crippen LogP contribution in [0.5, 0.6) is 0 Å². The van der Waals surface area contributed by atoms with Gasteiger partial charge >= 0.3 is 0 Å². The van der Waals surface area contributed by atoms with Gasteiger partial charge in [-0.25, -0.2) is 9.37 Å². The number of carbonyl (C=O) groups is 2. The van der Waals surface area contributed by atoms with Crippen LogP contribution in [0.25, 0.3) is 0 Å². The molecule has 1 N–H and O–H groups in total. The molecule has 1 aromatic heterocycles. The number of nitrogens with zero attached hydrogens (tertiary/aromatic N) is 3. The third-order valence-electron chi connectivity index (χ3n) is 4.32. The van der Waals surface area contributed by atoms with E-state index in [1.807, 2.05) is 0 Å². The van der Waals surface area contributed by atoms with E-state index in [1.165, 1.54) is 12.1 Å². The summed E-state index contributed by atoms with van der Waals surface area (Å²) in [5.41, 5.74) is 0.952. The maximum absolute atomic E-state index is 13.0. The number of hydrogen-bond acceptors (Lipinski definition) is 4. The van der Waals surface area contributed by atoms with Gasteiger partial charge in [-0.1, -0.05) is 6.07 Å². The van der Waals surface area contributed by atoms with Gasteiger partial charge in [-0.15, -0.1) is 0 Å². The molecule has 136 valence electrons. The number of nitrogens with one attached hydrogen (secondary N) is 1. The standard InChI is InChI=1S/C19H21FN4O2/c20-15-4-6-16(7-5-15)23-11-13-24(14-12-23)19(26)9-8-18(25)22-17-3-1-2-10-21-17/h1-7,10H,8-9,11-14H2,(H,21,22,25). The molecule has 26 heavy (non-hydrogen) atoms. The highest BCUT2D eigenvalue weighted by Crippen LogP contribution is 2.17. The molecule has 1 aromatic carbocycles. The Morgan fingerprint density at radius 3 is 2.38 bits per heavy atom. The molecule has 1 saturated heterocycles. The second kappa shape index (κ2) is 8.42. The Labute approximate surface area is 151 Å².